The lowest BCUT2D eigenvalue weighted by atomic mass is 10.1. The van der Waals surface area contributed by atoms with Gasteiger partial charge in [0.1, 0.15) is 11.4 Å². The van der Waals surface area contributed by atoms with Crippen LogP contribution in [0.1, 0.15) is 41.5 Å². The lowest BCUT2D eigenvalue weighted by Crippen LogP contribution is -2.62. The van der Waals surface area contributed by atoms with Crippen molar-refractivity contribution in [1.29, 1.82) is 0 Å². The number of amides is 3. The monoisotopic (exact) mass is 320 g/mol. The maximum atomic E-state index is 13.3. The minimum atomic E-state index is -0.602. The van der Waals surface area contributed by atoms with E-state index in [4.69, 9.17) is 4.74 Å². The standard InChI is InChI=1S/C16H17FN2O4/c1-16(2,3)23-15(22)18-7-10(8-18)19-13(20)11-5-4-9(17)6-12(11)14(19)21/h4-6,10H,7-8H2,1-3H3. The number of halogens is 1. The molecule has 1 fully saturated rings. The summed E-state index contributed by atoms with van der Waals surface area (Å²) in [4.78, 5) is 39.0. The van der Waals surface area contributed by atoms with Crippen molar-refractivity contribution in [1.82, 2.24) is 9.80 Å². The molecule has 2 aliphatic heterocycles. The van der Waals surface area contributed by atoms with Crippen LogP contribution in [0.3, 0.4) is 0 Å². The van der Waals surface area contributed by atoms with Crippen LogP contribution in [-0.2, 0) is 4.74 Å². The molecule has 0 radical (unpaired) electrons. The summed E-state index contributed by atoms with van der Waals surface area (Å²) in [6, 6.07) is 3.13. The third-order valence-electron chi connectivity index (χ3n) is 3.76. The van der Waals surface area contributed by atoms with Crippen LogP contribution in [0.15, 0.2) is 18.2 Å². The summed E-state index contributed by atoms with van der Waals surface area (Å²) >= 11 is 0. The number of likely N-dealkylation sites (tertiary alicyclic amines) is 1. The maximum absolute atomic E-state index is 13.3. The highest BCUT2D eigenvalue weighted by Crippen LogP contribution is 2.29. The number of carbonyl (C=O) groups excluding carboxylic acids is 3. The molecule has 0 aliphatic carbocycles. The molecule has 0 aromatic heterocycles. The molecule has 0 unspecified atom stereocenters. The van der Waals surface area contributed by atoms with Crippen LogP contribution >= 0.6 is 0 Å². The first kappa shape index (κ1) is 15.5. The molecule has 6 nitrogen and oxygen atoms in total. The van der Waals surface area contributed by atoms with Gasteiger partial charge >= 0.3 is 6.09 Å². The first-order valence-corrected chi connectivity index (χ1v) is 7.33. The Balaban J connectivity index is 1.69. The summed E-state index contributed by atoms with van der Waals surface area (Å²) < 4.78 is 18.5. The highest BCUT2D eigenvalue weighted by Gasteiger charge is 2.46. The van der Waals surface area contributed by atoms with Crippen molar-refractivity contribution >= 4 is 17.9 Å². The zero-order valence-corrected chi connectivity index (χ0v) is 13.1. The molecule has 3 rings (SSSR count). The van der Waals surface area contributed by atoms with Crippen LogP contribution in [0, 0.1) is 5.82 Å². The zero-order chi connectivity index (χ0) is 16.9. The molecule has 0 spiro atoms. The van der Waals surface area contributed by atoms with Gasteiger partial charge in [-0.15, -0.1) is 0 Å². The fourth-order valence-electron chi connectivity index (χ4n) is 2.66. The number of rotatable bonds is 1. The summed E-state index contributed by atoms with van der Waals surface area (Å²) in [6.45, 7) is 5.74. The highest BCUT2D eigenvalue weighted by atomic mass is 19.1. The van der Waals surface area contributed by atoms with Crippen LogP contribution in [0.2, 0.25) is 0 Å². The van der Waals surface area contributed by atoms with Crippen LogP contribution in [-0.4, -0.2) is 52.4 Å². The van der Waals surface area contributed by atoms with E-state index in [9.17, 15) is 18.8 Å². The molecule has 23 heavy (non-hydrogen) atoms. The van der Waals surface area contributed by atoms with E-state index < -0.39 is 35.4 Å². The molecule has 7 heteroatoms. The van der Waals surface area contributed by atoms with Gasteiger partial charge in [-0.05, 0) is 39.0 Å². The molecule has 2 aliphatic rings. The molecule has 0 bridgehead atoms. The van der Waals surface area contributed by atoms with Crippen molar-refractivity contribution in [2.75, 3.05) is 13.1 Å². The van der Waals surface area contributed by atoms with E-state index in [0.717, 1.165) is 17.0 Å². The molecular weight excluding hydrogens is 303 g/mol. The number of benzene rings is 1. The summed E-state index contributed by atoms with van der Waals surface area (Å²) in [5, 5.41) is 0. The first-order valence-electron chi connectivity index (χ1n) is 7.33. The molecule has 0 saturated carbocycles. The number of fused-ring (bicyclic) bond motifs is 1. The van der Waals surface area contributed by atoms with Crippen molar-refractivity contribution in [3.8, 4) is 0 Å². The van der Waals surface area contributed by atoms with E-state index >= 15 is 0 Å². The van der Waals surface area contributed by atoms with Gasteiger partial charge in [-0.3, -0.25) is 14.5 Å². The molecule has 3 amide bonds. The smallest absolute Gasteiger partial charge is 0.410 e. The summed E-state index contributed by atoms with van der Waals surface area (Å²) in [6.07, 6.45) is -0.476. The van der Waals surface area contributed by atoms with E-state index in [2.05, 4.69) is 0 Å². The van der Waals surface area contributed by atoms with Crippen LogP contribution in [0.4, 0.5) is 9.18 Å². The van der Waals surface area contributed by atoms with Gasteiger partial charge in [0.05, 0.1) is 17.2 Å². The van der Waals surface area contributed by atoms with Crippen LogP contribution < -0.4 is 0 Å². The summed E-state index contributed by atoms with van der Waals surface area (Å²) in [5.74, 6) is -1.52. The van der Waals surface area contributed by atoms with Gasteiger partial charge in [-0.25, -0.2) is 9.18 Å². The number of carbonyl (C=O) groups is 3. The maximum Gasteiger partial charge on any atom is 0.410 e. The fourth-order valence-corrected chi connectivity index (χ4v) is 2.66. The number of nitrogens with zero attached hydrogens (tertiary/aromatic N) is 2. The van der Waals surface area contributed by atoms with E-state index in [1.54, 1.807) is 20.8 Å². The van der Waals surface area contributed by atoms with Gasteiger partial charge in [0.2, 0.25) is 0 Å². The van der Waals surface area contributed by atoms with Gasteiger partial charge in [-0.2, -0.15) is 0 Å². The molecule has 1 aromatic carbocycles. The Morgan fingerprint density at radius 2 is 1.78 bits per heavy atom. The van der Waals surface area contributed by atoms with Crippen molar-refractivity contribution in [2.45, 2.75) is 32.4 Å². The Hall–Kier alpha value is -2.44. The quantitative estimate of drug-likeness (QED) is 0.743. The second-order valence-electron chi connectivity index (χ2n) is 6.71. The first-order chi connectivity index (χ1) is 10.7. The molecule has 2 heterocycles. The molecule has 0 atom stereocenters. The highest BCUT2D eigenvalue weighted by molar-refractivity contribution is 6.21. The fraction of sp³-hybridized carbons (Fsp3) is 0.438. The van der Waals surface area contributed by atoms with Gasteiger partial charge in [0.25, 0.3) is 11.8 Å². The van der Waals surface area contributed by atoms with Gasteiger partial charge in [-0.1, -0.05) is 0 Å². The van der Waals surface area contributed by atoms with Crippen molar-refractivity contribution in [3.05, 3.63) is 35.1 Å². The Labute approximate surface area is 132 Å². The van der Waals surface area contributed by atoms with Gasteiger partial charge in [0.15, 0.2) is 0 Å². The van der Waals surface area contributed by atoms with Gasteiger partial charge in [0, 0.05) is 13.1 Å². The normalized spacial score (nSPS) is 18.1. The molecule has 122 valence electrons. The molecule has 1 saturated heterocycles. The van der Waals surface area contributed by atoms with Crippen LogP contribution in [0.5, 0.6) is 0 Å². The lowest BCUT2D eigenvalue weighted by molar-refractivity contribution is -0.00970. The minimum absolute atomic E-state index is 0.0747. The summed E-state index contributed by atoms with van der Waals surface area (Å²) in [7, 11) is 0. The van der Waals surface area contributed by atoms with Crippen molar-refractivity contribution in [3.63, 3.8) is 0 Å². The minimum Gasteiger partial charge on any atom is -0.444 e. The molecular formula is C16H17FN2O4. The lowest BCUT2D eigenvalue weighted by Gasteiger charge is -2.42. The van der Waals surface area contributed by atoms with E-state index in [0.29, 0.717) is 0 Å². The van der Waals surface area contributed by atoms with Crippen molar-refractivity contribution in [2.24, 2.45) is 0 Å². The number of imide groups is 1. The zero-order valence-electron chi connectivity index (χ0n) is 13.1. The van der Waals surface area contributed by atoms with E-state index in [-0.39, 0.29) is 24.2 Å². The predicted octanol–water partition coefficient (Wildman–Crippen LogP) is 2.04. The third kappa shape index (κ3) is 2.67. The summed E-state index contributed by atoms with van der Waals surface area (Å²) in [5.41, 5.74) is -0.326. The SMILES string of the molecule is CC(C)(C)OC(=O)N1CC(N2C(=O)c3ccc(F)cc3C2=O)C1. The third-order valence-corrected chi connectivity index (χ3v) is 3.76. The average Bonchev–Trinajstić information content (AvgIpc) is 2.60. The Morgan fingerprint density at radius 3 is 2.39 bits per heavy atom. The van der Waals surface area contributed by atoms with E-state index in [1.807, 2.05) is 0 Å². The topological polar surface area (TPSA) is 66.9 Å². The number of hydrogen-bond acceptors (Lipinski definition) is 4. The van der Waals surface area contributed by atoms with Crippen LogP contribution in [0.25, 0.3) is 0 Å². The Kier molecular flexibility index (Phi) is 3.39. The average molecular weight is 320 g/mol. The predicted molar refractivity (Wildman–Crippen MR) is 78.5 cm³/mol. The van der Waals surface area contributed by atoms with E-state index in [1.165, 1.54) is 11.0 Å². The Bertz CT molecular complexity index is 705. The Morgan fingerprint density at radius 1 is 1.17 bits per heavy atom. The van der Waals surface area contributed by atoms with Gasteiger partial charge < -0.3 is 9.64 Å². The second-order valence-corrected chi connectivity index (χ2v) is 6.71. The largest absolute Gasteiger partial charge is 0.444 e. The number of hydrogen-bond donors (Lipinski definition) is 0. The number of ether oxygens (including phenoxy) is 1. The second kappa shape index (κ2) is 5.04. The molecule has 0 N–H and O–H groups in total. The molecule has 1 aromatic rings. The van der Waals surface area contributed by atoms with Crippen molar-refractivity contribution < 1.29 is 23.5 Å².